The first-order valence-corrected chi connectivity index (χ1v) is 7.09. The Labute approximate surface area is 127 Å². The van der Waals surface area contributed by atoms with E-state index in [-0.39, 0.29) is 6.61 Å². The molecular formula is C17H24O4. The number of hydrogen-bond donors (Lipinski definition) is 1. The fraction of sp³-hybridized carbons (Fsp3) is 0.529. The maximum Gasteiger partial charge on any atom is 0.124 e. The largest absolute Gasteiger partial charge is 0.496 e. The van der Waals surface area contributed by atoms with Gasteiger partial charge in [0.05, 0.1) is 26.9 Å². The molecule has 0 aliphatic rings. The van der Waals surface area contributed by atoms with E-state index in [9.17, 15) is 0 Å². The van der Waals surface area contributed by atoms with Gasteiger partial charge in [0.1, 0.15) is 12.4 Å². The minimum atomic E-state index is -0.148. The lowest BCUT2D eigenvalue weighted by molar-refractivity contribution is 0.0309. The lowest BCUT2D eigenvalue weighted by Crippen LogP contribution is -2.08. The molecule has 1 rings (SSSR count). The van der Waals surface area contributed by atoms with E-state index < -0.39 is 0 Å². The number of methoxy groups -OCH3 is 1. The topological polar surface area (TPSA) is 47.9 Å². The Hall–Kier alpha value is -1.54. The first kappa shape index (κ1) is 17.5. The van der Waals surface area contributed by atoms with Crippen LogP contribution in [0.4, 0.5) is 0 Å². The Bertz CT molecular complexity index is 471. The summed E-state index contributed by atoms with van der Waals surface area (Å²) in [5.41, 5.74) is 1.77. The van der Waals surface area contributed by atoms with Gasteiger partial charge in [0.15, 0.2) is 0 Å². The summed E-state index contributed by atoms with van der Waals surface area (Å²) in [6.07, 6.45) is 0. The van der Waals surface area contributed by atoms with Gasteiger partial charge in [0.2, 0.25) is 0 Å². The molecule has 0 radical (unpaired) electrons. The minimum Gasteiger partial charge on any atom is -0.496 e. The highest BCUT2D eigenvalue weighted by Gasteiger charge is 2.04. The zero-order valence-electron chi connectivity index (χ0n) is 13.0. The second-order valence-corrected chi connectivity index (χ2v) is 5.01. The lowest BCUT2D eigenvalue weighted by Gasteiger charge is -2.10. The second-order valence-electron chi connectivity index (χ2n) is 5.01. The van der Waals surface area contributed by atoms with Crippen LogP contribution in [-0.4, -0.2) is 38.6 Å². The minimum absolute atomic E-state index is 0.148. The third kappa shape index (κ3) is 7.14. The summed E-state index contributed by atoms with van der Waals surface area (Å²) < 4.78 is 16.4. The molecule has 4 nitrogen and oxygen atoms in total. The fourth-order valence-corrected chi connectivity index (χ4v) is 1.73. The van der Waals surface area contributed by atoms with Gasteiger partial charge in [-0.1, -0.05) is 25.7 Å². The second kappa shape index (κ2) is 10.2. The van der Waals surface area contributed by atoms with Crippen molar-refractivity contribution in [3.8, 4) is 17.6 Å². The Kier molecular flexibility index (Phi) is 8.53. The van der Waals surface area contributed by atoms with Crippen molar-refractivity contribution in [1.82, 2.24) is 0 Å². The molecule has 0 fully saturated rings. The number of aliphatic hydroxyl groups excluding tert-OH is 1. The number of benzene rings is 1. The molecule has 0 unspecified atom stereocenters. The van der Waals surface area contributed by atoms with Crippen molar-refractivity contribution in [3.63, 3.8) is 0 Å². The molecular weight excluding hydrogens is 268 g/mol. The van der Waals surface area contributed by atoms with E-state index in [0.717, 1.165) is 23.5 Å². The number of aliphatic hydroxyl groups is 1. The van der Waals surface area contributed by atoms with Crippen LogP contribution in [0.25, 0.3) is 0 Å². The summed E-state index contributed by atoms with van der Waals surface area (Å²) in [5.74, 6) is 6.81. The molecule has 0 aliphatic heterocycles. The molecule has 0 saturated heterocycles. The van der Waals surface area contributed by atoms with Crippen LogP contribution in [0.5, 0.6) is 5.75 Å². The predicted octanol–water partition coefficient (Wildman–Crippen LogP) is 2.23. The maximum absolute atomic E-state index is 8.72. The first-order chi connectivity index (χ1) is 10.2. The van der Waals surface area contributed by atoms with Crippen molar-refractivity contribution in [3.05, 3.63) is 29.3 Å². The predicted molar refractivity (Wildman–Crippen MR) is 82.3 cm³/mol. The van der Waals surface area contributed by atoms with Gasteiger partial charge in [-0.2, -0.15) is 0 Å². The average Bonchev–Trinajstić information content (AvgIpc) is 2.48. The van der Waals surface area contributed by atoms with Gasteiger partial charge in [-0.05, 0) is 24.1 Å². The normalized spacial score (nSPS) is 10.3. The molecule has 0 amide bonds. The molecule has 1 N–H and O–H groups in total. The van der Waals surface area contributed by atoms with E-state index in [1.54, 1.807) is 7.11 Å². The van der Waals surface area contributed by atoms with Gasteiger partial charge in [0.25, 0.3) is 0 Å². The molecule has 0 atom stereocenters. The summed E-state index contributed by atoms with van der Waals surface area (Å²) in [5, 5.41) is 8.72. The van der Waals surface area contributed by atoms with E-state index in [4.69, 9.17) is 19.3 Å². The van der Waals surface area contributed by atoms with Gasteiger partial charge in [-0.3, -0.25) is 0 Å². The van der Waals surface area contributed by atoms with E-state index in [0.29, 0.717) is 25.7 Å². The van der Waals surface area contributed by atoms with Crippen LogP contribution in [0.1, 0.15) is 25.0 Å². The third-order valence-corrected chi connectivity index (χ3v) is 2.67. The van der Waals surface area contributed by atoms with Gasteiger partial charge >= 0.3 is 0 Å². The summed E-state index contributed by atoms with van der Waals surface area (Å²) in [4.78, 5) is 0. The van der Waals surface area contributed by atoms with Crippen molar-refractivity contribution in [2.75, 3.05) is 33.5 Å². The fourth-order valence-electron chi connectivity index (χ4n) is 1.73. The summed E-state index contributed by atoms with van der Waals surface area (Å²) in [6.45, 7) is 6.41. The van der Waals surface area contributed by atoms with Crippen molar-refractivity contribution in [2.45, 2.75) is 20.5 Å². The molecule has 116 valence electrons. The highest BCUT2D eigenvalue weighted by molar-refractivity contribution is 5.44. The molecule has 0 aliphatic carbocycles. The summed E-state index contributed by atoms with van der Waals surface area (Å²) in [7, 11) is 1.63. The number of ether oxygens (including phenoxy) is 3. The Balaban J connectivity index is 2.48. The van der Waals surface area contributed by atoms with Gasteiger partial charge in [0, 0.05) is 17.7 Å². The zero-order chi connectivity index (χ0) is 15.5. The monoisotopic (exact) mass is 292 g/mol. The molecule has 4 heteroatoms. The van der Waals surface area contributed by atoms with Crippen LogP contribution >= 0.6 is 0 Å². The number of rotatable bonds is 8. The molecule has 0 bridgehead atoms. The molecule has 0 aromatic heterocycles. The standard InChI is InChI=1S/C17H24O4/c1-14(2)12-20-9-10-21-13-16-11-15(5-4-8-18)6-7-17(16)19-3/h6-7,11,14,18H,8-10,12-13H2,1-3H3. The summed E-state index contributed by atoms with van der Waals surface area (Å²) >= 11 is 0. The third-order valence-electron chi connectivity index (χ3n) is 2.67. The van der Waals surface area contributed by atoms with Gasteiger partial charge < -0.3 is 19.3 Å². The smallest absolute Gasteiger partial charge is 0.124 e. The SMILES string of the molecule is COc1ccc(C#CCO)cc1COCCOCC(C)C. The molecule has 1 aromatic carbocycles. The quantitative estimate of drug-likeness (QED) is 0.589. The Morgan fingerprint density at radius 2 is 1.95 bits per heavy atom. The molecule has 0 saturated carbocycles. The van der Waals surface area contributed by atoms with Crippen LogP contribution < -0.4 is 4.74 Å². The zero-order valence-corrected chi connectivity index (χ0v) is 13.0. The van der Waals surface area contributed by atoms with Crippen molar-refractivity contribution in [1.29, 1.82) is 0 Å². The number of hydrogen-bond acceptors (Lipinski definition) is 4. The van der Waals surface area contributed by atoms with Crippen molar-refractivity contribution >= 4 is 0 Å². The highest BCUT2D eigenvalue weighted by Crippen LogP contribution is 2.20. The lowest BCUT2D eigenvalue weighted by atomic mass is 10.1. The molecule has 1 aromatic rings. The highest BCUT2D eigenvalue weighted by atomic mass is 16.5. The summed E-state index contributed by atoms with van der Waals surface area (Å²) in [6, 6.07) is 5.63. The van der Waals surface area contributed by atoms with Crippen LogP contribution in [0.2, 0.25) is 0 Å². The van der Waals surface area contributed by atoms with E-state index in [1.807, 2.05) is 18.2 Å². The molecule has 0 spiro atoms. The van der Waals surface area contributed by atoms with Gasteiger partial charge in [-0.15, -0.1) is 0 Å². The average molecular weight is 292 g/mol. The van der Waals surface area contributed by atoms with Crippen molar-refractivity contribution in [2.24, 2.45) is 5.92 Å². The van der Waals surface area contributed by atoms with Crippen molar-refractivity contribution < 1.29 is 19.3 Å². The van der Waals surface area contributed by atoms with E-state index in [2.05, 4.69) is 25.7 Å². The molecule has 0 heterocycles. The van der Waals surface area contributed by atoms with Crippen LogP contribution in [0.3, 0.4) is 0 Å². The first-order valence-electron chi connectivity index (χ1n) is 7.09. The maximum atomic E-state index is 8.72. The van der Waals surface area contributed by atoms with E-state index >= 15 is 0 Å². The Morgan fingerprint density at radius 1 is 1.19 bits per heavy atom. The van der Waals surface area contributed by atoms with Gasteiger partial charge in [-0.25, -0.2) is 0 Å². The van der Waals surface area contributed by atoms with Crippen LogP contribution in [0, 0.1) is 17.8 Å². The molecule has 21 heavy (non-hydrogen) atoms. The van der Waals surface area contributed by atoms with E-state index in [1.165, 1.54) is 0 Å². The van der Waals surface area contributed by atoms with Crippen LogP contribution in [-0.2, 0) is 16.1 Å². The van der Waals surface area contributed by atoms with Crippen LogP contribution in [0.15, 0.2) is 18.2 Å². The Morgan fingerprint density at radius 3 is 2.62 bits per heavy atom.